The highest BCUT2D eigenvalue weighted by molar-refractivity contribution is 5.78. The lowest BCUT2D eigenvalue weighted by molar-refractivity contribution is -0.576. The van der Waals surface area contributed by atoms with E-state index in [-0.39, 0.29) is 5.78 Å². The lowest BCUT2D eigenvalue weighted by atomic mass is 10.1. The maximum absolute atomic E-state index is 11.1. The average Bonchev–Trinajstić information content (AvgIpc) is 2.46. The highest BCUT2D eigenvalue weighted by Crippen LogP contribution is 2.04. The molecule has 4 nitrogen and oxygen atoms in total. The standard InChI is InChI=1S/C10H10N2O2/c1-8(13)6-9-2-3-10-11(7-9)4-5-12(10)14/h2-5,7H,6H2,1H3. The zero-order valence-electron chi connectivity index (χ0n) is 7.80. The van der Waals surface area contributed by atoms with Crippen molar-refractivity contribution >= 4 is 11.4 Å². The first-order chi connectivity index (χ1) is 6.66. The summed E-state index contributed by atoms with van der Waals surface area (Å²) in [6, 6.07) is 3.51. The number of carbonyl (C=O) groups excluding carboxylic acids is 1. The number of ketones is 1. The Morgan fingerprint density at radius 2 is 2.36 bits per heavy atom. The van der Waals surface area contributed by atoms with Gasteiger partial charge in [0.15, 0.2) is 0 Å². The van der Waals surface area contributed by atoms with E-state index in [1.165, 1.54) is 6.20 Å². The summed E-state index contributed by atoms with van der Waals surface area (Å²) in [6.07, 6.45) is 5.32. The first-order valence-corrected chi connectivity index (χ1v) is 4.35. The zero-order valence-corrected chi connectivity index (χ0v) is 7.80. The van der Waals surface area contributed by atoms with Crippen molar-refractivity contribution < 1.29 is 9.52 Å². The summed E-state index contributed by atoms with van der Waals surface area (Å²) in [4.78, 5) is 10.9. The lowest BCUT2D eigenvalue weighted by Crippen LogP contribution is -2.23. The van der Waals surface area contributed by atoms with Crippen molar-refractivity contribution in [2.75, 3.05) is 0 Å². The molecule has 0 saturated carbocycles. The van der Waals surface area contributed by atoms with Crippen LogP contribution in [0.2, 0.25) is 0 Å². The van der Waals surface area contributed by atoms with Crippen molar-refractivity contribution in [3.8, 4) is 0 Å². The molecule has 2 heterocycles. The molecule has 4 heteroatoms. The van der Waals surface area contributed by atoms with E-state index >= 15 is 0 Å². The molecule has 0 amide bonds. The summed E-state index contributed by atoms with van der Waals surface area (Å²) in [5.74, 6) is 0.117. The molecule has 0 spiro atoms. The van der Waals surface area contributed by atoms with Crippen LogP contribution in [-0.4, -0.2) is 10.2 Å². The number of nitrogens with zero attached hydrogens (tertiary/aromatic N) is 2. The molecule has 0 aliphatic carbocycles. The molecule has 0 aliphatic rings. The van der Waals surface area contributed by atoms with Crippen molar-refractivity contribution in [3.63, 3.8) is 0 Å². The minimum absolute atomic E-state index is 0.117. The smallest absolute Gasteiger partial charge is 0.289 e. The Kier molecular flexibility index (Phi) is 1.96. The van der Waals surface area contributed by atoms with Crippen molar-refractivity contribution in [2.24, 2.45) is 0 Å². The molecule has 72 valence electrons. The van der Waals surface area contributed by atoms with Crippen LogP contribution < -0.4 is 4.73 Å². The minimum Gasteiger partial charge on any atom is -0.710 e. The van der Waals surface area contributed by atoms with Crippen LogP contribution in [0.25, 0.3) is 5.65 Å². The van der Waals surface area contributed by atoms with E-state index in [1.807, 2.05) is 0 Å². The van der Waals surface area contributed by atoms with Crippen LogP contribution in [-0.2, 0) is 11.2 Å². The first-order valence-electron chi connectivity index (χ1n) is 4.35. The third-order valence-corrected chi connectivity index (χ3v) is 2.06. The number of aromatic nitrogens is 2. The Morgan fingerprint density at radius 1 is 1.57 bits per heavy atom. The van der Waals surface area contributed by atoms with Gasteiger partial charge in [0.2, 0.25) is 0 Å². The SMILES string of the molecule is CC(=O)Cc1ccc2n(cc[n+]2[O-])c1. The number of pyridine rings is 1. The van der Waals surface area contributed by atoms with E-state index < -0.39 is 0 Å². The third kappa shape index (κ3) is 1.46. The van der Waals surface area contributed by atoms with Gasteiger partial charge in [0.05, 0.1) is 6.20 Å². The zero-order chi connectivity index (χ0) is 10.1. The van der Waals surface area contributed by atoms with Gasteiger partial charge < -0.3 is 5.21 Å². The molecule has 2 aromatic heterocycles. The number of hydrogen-bond acceptors (Lipinski definition) is 2. The Hall–Kier alpha value is -1.84. The van der Waals surface area contributed by atoms with Gasteiger partial charge in [-0.3, -0.25) is 4.79 Å². The molecule has 0 fully saturated rings. The number of carbonyl (C=O) groups is 1. The lowest BCUT2D eigenvalue weighted by Gasteiger charge is -1.98. The fourth-order valence-corrected chi connectivity index (χ4v) is 1.46. The normalized spacial score (nSPS) is 10.6. The van der Waals surface area contributed by atoms with Gasteiger partial charge in [-0.05, 0) is 18.6 Å². The van der Waals surface area contributed by atoms with Crippen LogP contribution in [0.4, 0.5) is 0 Å². The van der Waals surface area contributed by atoms with Crippen LogP contribution in [0.3, 0.4) is 0 Å². The summed E-state index contributed by atoms with van der Waals surface area (Å²) in [7, 11) is 0. The monoisotopic (exact) mass is 190 g/mol. The maximum atomic E-state index is 11.1. The first kappa shape index (κ1) is 8.74. The predicted molar refractivity (Wildman–Crippen MR) is 50.7 cm³/mol. The van der Waals surface area contributed by atoms with Gasteiger partial charge in [-0.1, -0.05) is 0 Å². The second-order valence-corrected chi connectivity index (χ2v) is 3.31. The molecule has 0 bridgehead atoms. The van der Waals surface area contributed by atoms with Crippen molar-refractivity contribution in [1.82, 2.24) is 4.40 Å². The number of hydrogen-bond donors (Lipinski definition) is 0. The molecule has 0 saturated heterocycles. The van der Waals surface area contributed by atoms with Crippen molar-refractivity contribution in [1.29, 1.82) is 0 Å². The molecule has 0 unspecified atom stereocenters. The van der Waals surface area contributed by atoms with E-state index in [0.29, 0.717) is 12.1 Å². The van der Waals surface area contributed by atoms with Crippen molar-refractivity contribution in [2.45, 2.75) is 13.3 Å². The van der Waals surface area contributed by atoms with Crippen LogP contribution in [0, 0.1) is 5.21 Å². The molecule has 2 aromatic rings. The van der Waals surface area contributed by atoms with E-state index in [2.05, 4.69) is 0 Å². The molecule has 14 heavy (non-hydrogen) atoms. The molecular formula is C10H10N2O2. The van der Waals surface area contributed by atoms with E-state index in [9.17, 15) is 10.0 Å². The van der Waals surface area contributed by atoms with E-state index in [1.54, 1.807) is 35.9 Å². The summed E-state index contributed by atoms with van der Waals surface area (Å²) >= 11 is 0. The highest BCUT2D eigenvalue weighted by atomic mass is 16.5. The van der Waals surface area contributed by atoms with Crippen LogP contribution in [0.15, 0.2) is 30.7 Å². The third-order valence-electron chi connectivity index (χ3n) is 2.06. The second kappa shape index (κ2) is 3.14. The van der Waals surface area contributed by atoms with Gasteiger partial charge in [-0.25, -0.2) is 9.13 Å². The molecule has 2 rings (SSSR count). The van der Waals surface area contributed by atoms with Crippen LogP contribution in [0.5, 0.6) is 0 Å². The number of fused-ring (bicyclic) bond motifs is 1. The Labute approximate surface area is 81.0 Å². The minimum atomic E-state index is 0.117. The number of Topliss-reactive ketones (excluding diaryl/α,β-unsaturated/α-hetero) is 1. The fourth-order valence-electron chi connectivity index (χ4n) is 1.46. The van der Waals surface area contributed by atoms with Crippen molar-refractivity contribution in [3.05, 3.63) is 41.5 Å². The van der Waals surface area contributed by atoms with Gasteiger partial charge in [0.25, 0.3) is 5.65 Å². The largest absolute Gasteiger partial charge is 0.710 e. The van der Waals surface area contributed by atoms with Gasteiger partial charge in [-0.2, -0.15) is 0 Å². The Bertz CT molecular complexity index is 488. The summed E-state index contributed by atoms with van der Waals surface area (Å²) in [5, 5.41) is 11.1. The van der Waals surface area contributed by atoms with Gasteiger partial charge >= 0.3 is 0 Å². The quantitative estimate of drug-likeness (QED) is 0.517. The highest BCUT2D eigenvalue weighted by Gasteiger charge is 2.05. The van der Waals surface area contributed by atoms with Gasteiger partial charge in [0, 0.05) is 12.5 Å². The van der Waals surface area contributed by atoms with E-state index in [0.717, 1.165) is 10.3 Å². The van der Waals surface area contributed by atoms with Crippen LogP contribution >= 0.6 is 0 Å². The molecule has 0 radical (unpaired) electrons. The molecular weight excluding hydrogens is 180 g/mol. The molecule has 0 aliphatic heterocycles. The summed E-state index contributed by atoms with van der Waals surface area (Å²) in [6.45, 7) is 1.55. The summed E-state index contributed by atoms with van der Waals surface area (Å²) < 4.78 is 2.50. The predicted octanol–water partition coefficient (Wildman–Crippen LogP) is 0.704. The second-order valence-electron chi connectivity index (χ2n) is 3.31. The molecule has 0 aromatic carbocycles. The van der Waals surface area contributed by atoms with E-state index in [4.69, 9.17) is 0 Å². The topological polar surface area (TPSA) is 48.4 Å². The van der Waals surface area contributed by atoms with Gasteiger partial charge in [0.1, 0.15) is 18.2 Å². The van der Waals surface area contributed by atoms with Gasteiger partial charge in [-0.15, -0.1) is 0 Å². The molecule has 0 atom stereocenters. The average molecular weight is 190 g/mol. The number of rotatable bonds is 2. The number of imidazole rings is 1. The van der Waals surface area contributed by atoms with Crippen LogP contribution in [0.1, 0.15) is 12.5 Å². The fraction of sp³-hybridized carbons (Fsp3) is 0.200. The Morgan fingerprint density at radius 3 is 3.07 bits per heavy atom. The summed E-state index contributed by atoms with van der Waals surface area (Å²) in [5.41, 5.74) is 1.48. The maximum Gasteiger partial charge on any atom is 0.289 e. The Balaban J connectivity index is 2.46. The molecule has 0 N–H and O–H groups in total.